The second-order valence-electron chi connectivity index (χ2n) is 9.62. The van der Waals surface area contributed by atoms with Crippen molar-refractivity contribution in [2.75, 3.05) is 50.0 Å². The van der Waals surface area contributed by atoms with Crippen molar-refractivity contribution in [3.05, 3.63) is 82.4 Å². The van der Waals surface area contributed by atoms with Gasteiger partial charge in [0.15, 0.2) is 0 Å². The first-order chi connectivity index (χ1) is 18.8. The summed E-state index contributed by atoms with van der Waals surface area (Å²) >= 11 is 12.7. The number of anilines is 1. The fourth-order valence-electron chi connectivity index (χ4n) is 4.82. The van der Waals surface area contributed by atoms with Crippen molar-refractivity contribution in [1.29, 1.82) is 0 Å². The maximum Gasteiger partial charge on any atom is 0.215 e. The molecule has 0 bridgehead atoms. The van der Waals surface area contributed by atoms with E-state index in [1.165, 1.54) is 0 Å². The Labute approximate surface area is 239 Å². The van der Waals surface area contributed by atoms with Crippen LogP contribution in [-0.4, -0.2) is 73.5 Å². The molecule has 0 atom stereocenters. The van der Waals surface area contributed by atoms with Crippen molar-refractivity contribution < 1.29 is 22.6 Å². The molecule has 0 saturated carbocycles. The van der Waals surface area contributed by atoms with Crippen LogP contribution in [0.3, 0.4) is 0 Å². The molecule has 2 aromatic carbocycles. The van der Waals surface area contributed by atoms with Gasteiger partial charge in [0.1, 0.15) is 6.10 Å². The first kappa shape index (κ1) is 28.4. The Morgan fingerprint density at radius 1 is 1.05 bits per heavy atom. The topological polar surface area (TPSA) is 86.1 Å². The molecule has 5 rings (SSSR count). The van der Waals surface area contributed by atoms with Crippen molar-refractivity contribution in [3.63, 3.8) is 0 Å². The lowest BCUT2D eigenvalue weighted by molar-refractivity contribution is -0.313. The Morgan fingerprint density at radius 2 is 1.77 bits per heavy atom. The van der Waals surface area contributed by atoms with E-state index >= 15 is 0 Å². The summed E-state index contributed by atoms with van der Waals surface area (Å²) in [5.74, 6) is -0.955. The fraction of sp³-hybridized carbons (Fsp3) is 0.444. The van der Waals surface area contributed by atoms with Gasteiger partial charge in [0.25, 0.3) is 0 Å². The molecule has 0 N–H and O–H groups in total. The number of ether oxygens (including phenoxy) is 3. The molecule has 0 spiro atoms. The van der Waals surface area contributed by atoms with Crippen LogP contribution in [0.1, 0.15) is 18.1 Å². The summed E-state index contributed by atoms with van der Waals surface area (Å²) in [4.78, 5) is 6.33. The van der Waals surface area contributed by atoms with Crippen molar-refractivity contribution >= 4 is 38.9 Å². The predicted molar refractivity (Wildman–Crippen MR) is 151 cm³/mol. The normalized spacial score (nSPS) is 22.7. The van der Waals surface area contributed by atoms with E-state index in [0.29, 0.717) is 68.2 Å². The minimum Gasteiger partial charge on any atom is -0.369 e. The van der Waals surface area contributed by atoms with Crippen LogP contribution < -0.4 is 4.90 Å². The van der Waals surface area contributed by atoms with Gasteiger partial charge in [-0.3, -0.25) is 0 Å². The van der Waals surface area contributed by atoms with Gasteiger partial charge in [-0.25, -0.2) is 13.4 Å². The summed E-state index contributed by atoms with van der Waals surface area (Å²) in [6, 6.07) is 13.4. The van der Waals surface area contributed by atoms with Crippen molar-refractivity contribution in [2.45, 2.75) is 32.0 Å². The van der Waals surface area contributed by atoms with E-state index < -0.39 is 15.8 Å². The van der Waals surface area contributed by atoms with Crippen molar-refractivity contribution in [1.82, 2.24) is 13.9 Å². The highest BCUT2D eigenvalue weighted by Crippen LogP contribution is 2.38. The average molecular weight is 596 g/mol. The molecule has 0 radical (unpaired) electrons. The summed E-state index contributed by atoms with van der Waals surface area (Å²) < 4.78 is 46.4. The van der Waals surface area contributed by atoms with Gasteiger partial charge >= 0.3 is 0 Å². The summed E-state index contributed by atoms with van der Waals surface area (Å²) in [5.41, 5.74) is 2.80. The SMILES string of the molecule is CCS(=O)(=O)N1CCN(c2ccc(COC3COC(Cn4ccnc4)(c4ccc(Cl)cc4Cl)OC3)cc2)CC1. The molecule has 39 heavy (non-hydrogen) atoms. The van der Waals surface area contributed by atoms with Gasteiger partial charge in [-0.05, 0) is 36.8 Å². The molecule has 0 unspecified atom stereocenters. The molecule has 2 saturated heterocycles. The molecule has 3 heterocycles. The molecule has 2 aliphatic rings. The number of hydrogen-bond acceptors (Lipinski definition) is 7. The average Bonchev–Trinajstić information content (AvgIpc) is 3.46. The van der Waals surface area contributed by atoms with Gasteiger partial charge in [0.05, 0.1) is 43.5 Å². The third kappa shape index (κ3) is 6.59. The predicted octanol–water partition coefficient (Wildman–Crippen LogP) is 4.15. The number of rotatable bonds is 9. The summed E-state index contributed by atoms with van der Waals surface area (Å²) in [6.07, 6.45) is 5.00. The first-order valence-corrected chi connectivity index (χ1v) is 15.3. The molecule has 2 aliphatic heterocycles. The quantitative estimate of drug-likeness (QED) is 0.368. The van der Waals surface area contributed by atoms with Crippen LogP contribution in [0.2, 0.25) is 10.0 Å². The molecule has 3 aromatic rings. The van der Waals surface area contributed by atoms with Gasteiger partial charge in [-0.1, -0.05) is 41.4 Å². The Bertz CT molecular complexity index is 1340. The minimum atomic E-state index is -3.14. The smallest absolute Gasteiger partial charge is 0.215 e. The number of aromatic nitrogens is 2. The molecule has 0 amide bonds. The van der Waals surface area contributed by atoms with E-state index in [0.717, 1.165) is 11.3 Å². The second kappa shape index (κ2) is 12.1. The lowest BCUT2D eigenvalue weighted by atomic mass is 10.0. The molecule has 210 valence electrons. The third-order valence-electron chi connectivity index (χ3n) is 7.08. The van der Waals surface area contributed by atoms with Crippen LogP contribution in [0.5, 0.6) is 0 Å². The monoisotopic (exact) mass is 594 g/mol. The van der Waals surface area contributed by atoms with Crippen LogP contribution in [0.15, 0.2) is 61.2 Å². The molecule has 2 fully saturated rings. The Morgan fingerprint density at radius 3 is 2.38 bits per heavy atom. The highest BCUT2D eigenvalue weighted by atomic mass is 35.5. The number of sulfonamides is 1. The number of hydrogen-bond donors (Lipinski definition) is 0. The van der Waals surface area contributed by atoms with Crippen LogP contribution >= 0.6 is 23.2 Å². The largest absolute Gasteiger partial charge is 0.369 e. The maximum atomic E-state index is 12.1. The minimum absolute atomic E-state index is 0.138. The van der Waals surface area contributed by atoms with E-state index in [2.05, 4.69) is 22.0 Å². The first-order valence-electron chi connectivity index (χ1n) is 12.9. The summed E-state index contributed by atoms with van der Waals surface area (Å²) in [7, 11) is -3.14. The van der Waals surface area contributed by atoms with Gasteiger partial charge in [-0.15, -0.1) is 0 Å². The van der Waals surface area contributed by atoms with E-state index in [1.54, 1.807) is 35.9 Å². The van der Waals surface area contributed by atoms with E-state index in [1.807, 2.05) is 29.0 Å². The van der Waals surface area contributed by atoms with Crippen molar-refractivity contribution in [3.8, 4) is 0 Å². The molecular weight excluding hydrogens is 563 g/mol. The van der Waals surface area contributed by atoms with Crippen LogP contribution in [0.25, 0.3) is 0 Å². The zero-order chi connectivity index (χ0) is 27.5. The van der Waals surface area contributed by atoms with E-state index in [-0.39, 0.29) is 11.9 Å². The van der Waals surface area contributed by atoms with E-state index in [9.17, 15) is 8.42 Å². The summed E-state index contributed by atoms with van der Waals surface area (Å²) in [6.45, 7) is 5.49. The number of nitrogens with zero attached hydrogens (tertiary/aromatic N) is 4. The lowest BCUT2D eigenvalue weighted by Crippen LogP contribution is -2.49. The Kier molecular flexibility index (Phi) is 8.82. The Hall–Kier alpha value is -2.18. The molecule has 1 aromatic heterocycles. The van der Waals surface area contributed by atoms with Gasteiger partial charge in [0, 0.05) is 54.8 Å². The van der Waals surface area contributed by atoms with E-state index in [4.69, 9.17) is 37.4 Å². The van der Waals surface area contributed by atoms with Gasteiger partial charge in [0.2, 0.25) is 15.8 Å². The number of benzene rings is 2. The van der Waals surface area contributed by atoms with Crippen LogP contribution in [0, 0.1) is 0 Å². The third-order valence-corrected chi connectivity index (χ3v) is 9.51. The van der Waals surface area contributed by atoms with Gasteiger partial charge in [-0.2, -0.15) is 4.31 Å². The lowest BCUT2D eigenvalue weighted by Gasteiger charge is -2.41. The number of halogens is 2. The highest BCUT2D eigenvalue weighted by molar-refractivity contribution is 7.89. The zero-order valence-corrected chi connectivity index (χ0v) is 24.0. The Balaban J connectivity index is 1.16. The van der Waals surface area contributed by atoms with Crippen LogP contribution in [-0.2, 0) is 43.2 Å². The molecule has 0 aliphatic carbocycles. The van der Waals surface area contributed by atoms with Crippen LogP contribution in [0.4, 0.5) is 5.69 Å². The number of piperazine rings is 1. The second-order valence-corrected chi connectivity index (χ2v) is 12.7. The molecular formula is C27H32Cl2N4O5S. The zero-order valence-electron chi connectivity index (χ0n) is 21.7. The van der Waals surface area contributed by atoms with Crippen molar-refractivity contribution in [2.24, 2.45) is 0 Å². The fourth-order valence-corrected chi connectivity index (χ4v) is 6.45. The molecule has 12 heteroatoms. The standard InChI is InChI=1S/C27H32Cl2N4O5S/c1-2-39(34,35)33-13-11-32(12-14-33)23-6-3-21(4-7-23)16-36-24-17-37-27(38-18-24,19-31-10-9-30-20-31)25-8-5-22(28)15-26(25)29/h3-10,15,20,24H,2,11-14,16-19H2,1H3. The van der Waals surface area contributed by atoms with Gasteiger partial charge < -0.3 is 23.7 Å². The summed E-state index contributed by atoms with van der Waals surface area (Å²) in [5, 5.41) is 1.01. The molecule has 9 nitrogen and oxygen atoms in total. The number of imidazole rings is 1. The highest BCUT2D eigenvalue weighted by Gasteiger charge is 2.42. The maximum absolute atomic E-state index is 12.1.